The van der Waals surface area contributed by atoms with Crippen molar-refractivity contribution in [3.63, 3.8) is 0 Å². The second-order valence-electron chi connectivity index (χ2n) is 4.36. The van der Waals surface area contributed by atoms with E-state index in [9.17, 15) is 14.9 Å². The molecule has 0 unspecified atom stereocenters. The number of aliphatic imine (C=N–C) groups is 1. The molecule has 0 atom stereocenters. The van der Waals surface area contributed by atoms with E-state index in [1.165, 1.54) is 12.1 Å². The van der Waals surface area contributed by atoms with Crippen molar-refractivity contribution >= 4 is 23.5 Å². The second-order valence-corrected chi connectivity index (χ2v) is 4.36. The first-order valence-electron chi connectivity index (χ1n) is 6.34. The molecule has 7 heteroatoms. The average molecular weight is 299 g/mol. The van der Waals surface area contributed by atoms with E-state index in [4.69, 9.17) is 10.5 Å². The van der Waals surface area contributed by atoms with Crippen molar-refractivity contribution in [2.45, 2.75) is 0 Å². The molecule has 7 nitrogen and oxygen atoms in total. The first kappa shape index (κ1) is 15.2. The molecule has 112 valence electrons. The van der Waals surface area contributed by atoms with Crippen molar-refractivity contribution in [2.75, 3.05) is 6.61 Å². The Hall–Kier alpha value is -3.22. The summed E-state index contributed by atoms with van der Waals surface area (Å²) in [5.41, 5.74) is 6.38. The van der Waals surface area contributed by atoms with Crippen LogP contribution in [0.1, 0.15) is 5.56 Å². The maximum atomic E-state index is 10.7. The van der Waals surface area contributed by atoms with Crippen LogP contribution in [-0.4, -0.2) is 23.7 Å². The van der Waals surface area contributed by atoms with Gasteiger partial charge in [-0.1, -0.05) is 12.1 Å². The van der Waals surface area contributed by atoms with Crippen molar-refractivity contribution in [2.24, 2.45) is 10.7 Å². The van der Waals surface area contributed by atoms with Gasteiger partial charge in [-0.05, 0) is 29.8 Å². The zero-order valence-corrected chi connectivity index (χ0v) is 11.5. The number of nitro groups is 1. The number of amides is 1. The van der Waals surface area contributed by atoms with E-state index in [0.717, 1.165) is 5.56 Å². The molecular formula is C15H13N3O4. The van der Waals surface area contributed by atoms with E-state index in [1.54, 1.807) is 36.5 Å². The van der Waals surface area contributed by atoms with Crippen LogP contribution in [0.15, 0.2) is 53.5 Å². The lowest BCUT2D eigenvalue weighted by Crippen LogP contribution is -2.20. The molecule has 1 amide bonds. The molecule has 0 aliphatic carbocycles. The first-order chi connectivity index (χ1) is 10.5. The summed E-state index contributed by atoms with van der Waals surface area (Å²) in [6.07, 6.45) is 1.60. The Balaban J connectivity index is 2.07. The fraction of sp³-hybridized carbons (Fsp3) is 0.0667. The number of hydrogen-bond donors (Lipinski definition) is 1. The molecule has 0 bridgehead atoms. The lowest BCUT2D eigenvalue weighted by molar-refractivity contribution is -0.384. The zero-order valence-electron chi connectivity index (χ0n) is 11.5. The summed E-state index contributed by atoms with van der Waals surface area (Å²) >= 11 is 0. The molecule has 22 heavy (non-hydrogen) atoms. The minimum Gasteiger partial charge on any atom is -0.484 e. The fourth-order valence-corrected chi connectivity index (χ4v) is 1.65. The van der Waals surface area contributed by atoms with E-state index in [-0.39, 0.29) is 12.3 Å². The number of primary amides is 1. The summed E-state index contributed by atoms with van der Waals surface area (Å²) < 4.78 is 5.19. The Labute approximate surface area is 126 Å². The van der Waals surface area contributed by atoms with Crippen LogP contribution in [0, 0.1) is 10.1 Å². The average Bonchev–Trinajstić information content (AvgIpc) is 2.52. The van der Waals surface area contributed by atoms with Crippen LogP contribution >= 0.6 is 0 Å². The fourth-order valence-electron chi connectivity index (χ4n) is 1.65. The summed E-state index contributed by atoms with van der Waals surface area (Å²) in [7, 11) is 0. The van der Waals surface area contributed by atoms with Gasteiger partial charge in [-0.3, -0.25) is 19.9 Å². The number of ether oxygens (including phenoxy) is 1. The smallest absolute Gasteiger partial charge is 0.269 e. The van der Waals surface area contributed by atoms with Gasteiger partial charge < -0.3 is 10.5 Å². The van der Waals surface area contributed by atoms with Gasteiger partial charge in [-0.2, -0.15) is 0 Å². The number of hydrogen-bond acceptors (Lipinski definition) is 5. The molecule has 0 fully saturated rings. The molecule has 2 rings (SSSR count). The number of nitrogens with zero attached hydrogens (tertiary/aromatic N) is 2. The van der Waals surface area contributed by atoms with Gasteiger partial charge in [-0.15, -0.1) is 0 Å². The number of carbonyl (C=O) groups excluding carboxylic acids is 1. The van der Waals surface area contributed by atoms with Crippen molar-refractivity contribution in [3.8, 4) is 5.75 Å². The molecule has 2 aromatic carbocycles. The van der Waals surface area contributed by atoms with Crippen LogP contribution in [-0.2, 0) is 4.79 Å². The second kappa shape index (κ2) is 6.98. The molecular weight excluding hydrogens is 286 g/mol. The third kappa shape index (κ3) is 4.41. The summed E-state index contributed by atoms with van der Waals surface area (Å²) in [4.78, 5) is 25.0. The van der Waals surface area contributed by atoms with Crippen LogP contribution in [0.4, 0.5) is 11.4 Å². The number of carbonyl (C=O) groups is 1. The van der Waals surface area contributed by atoms with Gasteiger partial charge in [0.25, 0.3) is 11.6 Å². The van der Waals surface area contributed by atoms with Crippen LogP contribution in [0.2, 0.25) is 0 Å². The Bertz CT molecular complexity index is 711. The van der Waals surface area contributed by atoms with E-state index in [1.807, 2.05) is 6.07 Å². The highest BCUT2D eigenvalue weighted by molar-refractivity contribution is 5.82. The third-order valence-corrected chi connectivity index (χ3v) is 2.66. The number of non-ortho nitro benzene ring substituents is 1. The summed E-state index contributed by atoms with van der Waals surface area (Å²) in [5, 5.41) is 10.6. The van der Waals surface area contributed by atoms with Crippen LogP contribution in [0.25, 0.3) is 0 Å². The van der Waals surface area contributed by atoms with Gasteiger partial charge in [0.05, 0.1) is 10.6 Å². The summed E-state index contributed by atoms with van der Waals surface area (Å²) in [5.74, 6) is -0.0450. The van der Waals surface area contributed by atoms with Gasteiger partial charge in [0.2, 0.25) is 0 Å². The number of benzene rings is 2. The van der Waals surface area contributed by atoms with E-state index < -0.39 is 10.8 Å². The molecule has 0 saturated carbocycles. The number of nitrogens with two attached hydrogens (primary N) is 1. The van der Waals surface area contributed by atoms with Crippen molar-refractivity contribution in [3.05, 3.63) is 64.2 Å². The van der Waals surface area contributed by atoms with Crippen LogP contribution < -0.4 is 10.5 Å². The third-order valence-electron chi connectivity index (χ3n) is 2.66. The molecule has 0 radical (unpaired) electrons. The molecule has 0 saturated heterocycles. The number of rotatable bonds is 6. The largest absolute Gasteiger partial charge is 0.484 e. The molecule has 0 aliphatic heterocycles. The predicted octanol–water partition coefficient (Wildman–Crippen LogP) is 2.21. The maximum absolute atomic E-state index is 10.7. The minimum atomic E-state index is -0.551. The SMILES string of the molecule is NC(=O)COc1cccc(C=Nc2ccc([N+](=O)[O-])cc2)c1. The van der Waals surface area contributed by atoms with Gasteiger partial charge >= 0.3 is 0 Å². The highest BCUT2D eigenvalue weighted by Gasteiger charge is 2.03. The molecule has 2 aromatic rings. The molecule has 0 aliphatic rings. The monoisotopic (exact) mass is 299 g/mol. The Kier molecular flexibility index (Phi) is 4.81. The highest BCUT2D eigenvalue weighted by Crippen LogP contribution is 2.18. The van der Waals surface area contributed by atoms with Crippen molar-refractivity contribution in [1.29, 1.82) is 0 Å². The first-order valence-corrected chi connectivity index (χ1v) is 6.34. The normalized spacial score (nSPS) is 10.5. The standard InChI is InChI=1S/C15H13N3O4/c16-15(19)10-22-14-3-1-2-11(8-14)9-17-12-4-6-13(7-5-12)18(20)21/h1-9H,10H2,(H2,16,19). The topological polar surface area (TPSA) is 108 Å². The van der Waals surface area contributed by atoms with Gasteiger partial charge in [0.1, 0.15) is 5.75 Å². The van der Waals surface area contributed by atoms with Crippen molar-refractivity contribution in [1.82, 2.24) is 0 Å². The maximum Gasteiger partial charge on any atom is 0.269 e. The van der Waals surface area contributed by atoms with E-state index in [0.29, 0.717) is 11.4 Å². The zero-order chi connectivity index (χ0) is 15.9. The van der Waals surface area contributed by atoms with Gasteiger partial charge in [0, 0.05) is 18.3 Å². The number of nitro benzene ring substituents is 1. The summed E-state index contributed by atoms with van der Waals surface area (Å²) in [6, 6.07) is 12.9. The lowest BCUT2D eigenvalue weighted by atomic mass is 10.2. The Morgan fingerprint density at radius 2 is 2.00 bits per heavy atom. The Morgan fingerprint density at radius 3 is 2.64 bits per heavy atom. The van der Waals surface area contributed by atoms with Gasteiger partial charge in [-0.25, -0.2) is 0 Å². The van der Waals surface area contributed by atoms with Crippen molar-refractivity contribution < 1.29 is 14.5 Å². The predicted molar refractivity (Wildman–Crippen MR) is 81.5 cm³/mol. The lowest BCUT2D eigenvalue weighted by Gasteiger charge is -2.03. The summed E-state index contributed by atoms with van der Waals surface area (Å²) in [6.45, 7) is -0.192. The quantitative estimate of drug-likeness (QED) is 0.501. The van der Waals surface area contributed by atoms with E-state index >= 15 is 0 Å². The Morgan fingerprint density at radius 1 is 1.27 bits per heavy atom. The van der Waals surface area contributed by atoms with Crippen LogP contribution in [0.5, 0.6) is 5.75 Å². The molecule has 0 spiro atoms. The molecule has 0 aromatic heterocycles. The minimum absolute atomic E-state index is 0.0146. The molecule has 2 N–H and O–H groups in total. The highest BCUT2D eigenvalue weighted by atomic mass is 16.6. The molecule has 0 heterocycles. The van der Waals surface area contributed by atoms with Gasteiger partial charge in [0.15, 0.2) is 6.61 Å². The van der Waals surface area contributed by atoms with E-state index in [2.05, 4.69) is 4.99 Å². The van der Waals surface area contributed by atoms with Crippen LogP contribution in [0.3, 0.4) is 0 Å².